The Morgan fingerprint density at radius 1 is 1.07 bits per heavy atom. The molecule has 3 rings (SSSR count). The van der Waals surface area contributed by atoms with Gasteiger partial charge in [0, 0.05) is 25.9 Å². The number of alkyl halides is 3. The fraction of sp³-hybridized carbons (Fsp3) is 0.200. The summed E-state index contributed by atoms with van der Waals surface area (Å²) in [6, 6.07) is 16.6. The molecule has 0 bridgehead atoms. The molecule has 7 heteroatoms. The highest BCUT2D eigenvalue weighted by atomic mass is 19.4. The highest BCUT2D eigenvalue weighted by Gasteiger charge is 2.28. The molecule has 0 N–H and O–H groups in total. The van der Waals surface area contributed by atoms with Crippen LogP contribution in [0, 0.1) is 0 Å². The van der Waals surface area contributed by atoms with Crippen LogP contribution in [0.15, 0.2) is 60.8 Å². The quantitative estimate of drug-likeness (QED) is 0.663. The van der Waals surface area contributed by atoms with Crippen LogP contribution in [0.1, 0.15) is 15.9 Å². The predicted molar refractivity (Wildman–Crippen MR) is 95.5 cm³/mol. The molecular formula is C20H17F3N2O2. The van der Waals surface area contributed by atoms with E-state index in [-0.39, 0.29) is 17.4 Å². The third kappa shape index (κ3) is 4.97. The second kappa shape index (κ2) is 7.65. The van der Waals surface area contributed by atoms with Crippen molar-refractivity contribution in [1.82, 2.24) is 9.88 Å². The molecule has 1 amide bonds. The first-order valence-electron chi connectivity index (χ1n) is 8.20. The summed E-state index contributed by atoms with van der Waals surface area (Å²) in [6.07, 6.45) is -3.22. The van der Waals surface area contributed by atoms with Crippen LogP contribution in [-0.4, -0.2) is 35.6 Å². The minimum Gasteiger partial charge on any atom is -0.468 e. The monoisotopic (exact) mass is 374 g/mol. The molecule has 2 aromatic carbocycles. The molecule has 140 valence electrons. The van der Waals surface area contributed by atoms with Crippen molar-refractivity contribution >= 4 is 16.7 Å². The van der Waals surface area contributed by atoms with Crippen LogP contribution in [0.25, 0.3) is 10.8 Å². The molecule has 1 heterocycles. The van der Waals surface area contributed by atoms with Gasteiger partial charge in [0.25, 0.3) is 5.91 Å². The number of hydrogen-bond acceptors (Lipinski definition) is 3. The molecule has 0 aliphatic heterocycles. The van der Waals surface area contributed by atoms with Crippen LogP contribution in [0.2, 0.25) is 0 Å². The molecular weight excluding hydrogens is 357 g/mol. The van der Waals surface area contributed by atoms with Crippen LogP contribution in [0.4, 0.5) is 13.2 Å². The van der Waals surface area contributed by atoms with Crippen molar-refractivity contribution in [3.05, 3.63) is 71.9 Å². The van der Waals surface area contributed by atoms with Gasteiger partial charge in [-0.3, -0.25) is 4.79 Å². The zero-order valence-corrected chi connectivity index (χ0v) is 14.5. The minimum absolute atomic E-state index is 0.180. The first-order valence-corrected chi connectivity index (χ1v) is 8.20. The van der Waals surface area contributed by atoms with E-state index in [1.54, 1.807) is 7.05 Å². The van der Waals surface area contributed by atoms with E-state index in [4.69, 9.17) is 0 Å². The number of fused-ring (bicyclic) bond motifs is 1. The van der Waals surface area contributed by atoms with E-state index in [1.807, 2.05) is 42.5 Å². The first kappa shape index (κ1) is 18.7. The SMILES string of the molecule is CN(Cc1ccc2ccccc2c1)C(=O)c1ccc(OCC(F)(F)F)nc1. The van der Waals surface area contributed by atoms with E-state index in [0.717, 1.165) is 16.3 Å². The number of halogens is 3. The van der Waals surface area contributed by atoms with Crippen molar-refractivity contribution in [2.45, 2.75) is 12.7 Å². The van der Waals surface area contributed by atoms with E-state index in [1.165, 1.54) is 23.2 Å². The average molecular weight is 374 g/mol. The lowest BCUT2D eigenvalue weighted by Crippen LogP contribution is -2.26. The maximum atomic E-state index is 12.5. The third-order valence-electron chi connectivity index (χ3n) is 3.95. The average Bonchev–Trinajstić information content (AvgIpc) is 2.65. The zero-order valence-electron chi connectivity index (χ0n) is 14.5. The van der Waals surface area contributed by atoms with Gasteiger partial charge in [-0.25, -0.2) is 4.98 Å². The lowest BCUT2D eigenvalue weighted by Gasteiger charge is -2.18. The van der Waals surface area contributed by atoms with Crippen molar-refractivity contribution in [3.63, 3.8) is 0 Å². The van der Waals surface area contributed by atoms with Crippen LogP contribution in [-0.2, 0) is 6.54 Å². The smallest absolute Gasteiger partial charge is 0.422 e. The second-order valence-electron chi connectivity index (χ2n) is 6.13. The van der Waals surface area contributed by atoms with Gasteiger partial charge in [-0.15, -0.1) is 0 Å². The Kier molecular flexibility index (Phi) is 5.30. The number of carbonyl (C=O) groups is 1. The lowest BCUT2D eigenvalue weighted by molar-refractivity contribution is -0.154. The Bertz CT molecular complexity index is 940. The summed E-state index contributed by atoms with van der Waals surface area (Å²) in [7, 11) is 1.66. The molecule has 3 aromatic rings. The Labute approximate surface area is 154 Å². The molecule has 0 spiro atoms. The van der Waals surface area contributed by atoms with Crippen LogP contribution < -0.4 is 4.74 Å². The summed E-state index contributed by atoms with van der Waals surface area (Å²) in [5.41, 5.74) is 1.25. The van der Waals surface area contributed by atoms with Crippen LogP contribution in [0.3, 0.4) is 0 Å². The highest BCUT2D eigenvalue weighted by Crippen LogP contribution is 2.19. The van der Waals surface area contributed by atoms with Crippen molar-refractivity contribution in [3.8, 4) is 5.88 Å². The topological polar surface area (TPSA) is 42.4 Å². The van der Waals surface area contributed by atoms with Gasteiger partial charge in [-0.05, 0) is 28.5 Å². The number of pyridine rings is 1. The van der Waals surface area contributed by atoms with Gasteiger partial charge in [-0.1, -0.05) is 36.4 Å². The van der Waals surface area contributed by atoms with Crippen molar-refractivity contribution in [2.75, 3.05) is 13.7 Å². The lowest BCUT2D eigenvalue weighted by atomic mass is 10.1. The summed E-state index contributed by atoms with van der Waals surface area (Å²) in [5.74, 6) is -0.459. The molecule has 0 saturated carbocycles. The van der Waals surface area contributed by atoms with E-state index < -0.39 is 12.8 Å². The van der Waals surface area contributed by atoms with Gasteiger partial charge < -0.3 is 9.64 Å². The second-order valence-corrected chi connectivity index (χ2v) is 6.13. The first-order chi connectivity index (χ1) is 12.8. The van der Waals surface area contributed by atoms with Gasteiger partial charge in [0.1, 0.15) is 0 Å². The number of carbonyl (C=O) groups excluding carboxylic acids is 1. The summed E-state index contributed by atoms with van der Waals surface area (Å²) < 4.78 is 41.0. The van der Waals surface area contributed by atoms with Gasteiger partial charge in [0.15, 0.2) is 6.61 Å². The molecule has 0 fully saturated rings. The number of amides is 1. The third-order valence-corrected chi connectivity index (χ3v) is 3.95. The van der Waals surface area contributed by atoms with E-state index in [0.29, 0.717) is 6.54 Å². The summed E-state index contributed by atoms with van der Waals surface area (Å²) in [6.45, 7) is -1.02. The minimum atomic E-state index is -4.43. The molecule has 0 aliphatic carbocycles. The maximum Gasteiger partial charge on any atom is 0.422 e. The fourth-order valence-corrected chi connectivity index (χ4v) is 2.65. The van der Waals surface area contributed by atoms with Crippen LogP contribution in [0.5, 0.6) is 5.88 Å². The largest absolute Gasteiger partial charge is 0.468 e. The molecule has 27 heavy (non-hydrogen) atoms. The van der Waals surface area contributed by atoms with Crippen LogP contribution >= 0.6 is 0 Å². The number of benzene rings is 2. The number of ether oxygens (including phenoxy) is 1. The van der Waals surface area contributed by atoms with Gasteiger partial charge in [0.2, 0.25) is 5.88 Å². The number of aromatic nitrogens is 1. The molecule has 0 aliphatic rings. The zero-order chi connectivity index (χ0) is 19.4. The number of rotatable bonds is 5. The normalized spacial score (nSPS) is 11.4. The summed E-state index contributed by atoms with van der Waals surface area (Å²) >= 11 is 0. The van der Waals surface area contributed by atoms with Crippen molar-refractivity contribution in [2.24, 2.45) is 0 Å². The van der Waals surface area contributed by atoms with E-state index >= 15 is 0 Å². The van der Waals surface area contributed by atoms with E-state index in [2.05, 4.69) is 9.72 Å². The molecule has 0 saturated heterocycles. The summed E-state index contributed by atoms with van der Waals surface area (Å²) in [5, 5.41) is 2.21. The Morgan fingerprint density at radius 2 is 1.81 bits per heavy atom. The van der Waals surface area contributed by atoms with E-state index in [9.17, 15) is 18.0 Å². The Hall–Kier alpha value is -3.09. The van der Waals surface area contributed by atoms with Gasteiger partial charge >= 0.3 is 6.18 Å². The molecule has 0 atom stereocenters. The van der Waals surface area contributed by atoms with Gasteiger partial charge in [-0.2, -0.15) is 13.2 Å². The molecule has 0 unspecified atom stereocenters. The molecule has 0 radical (unpaired) electrons. The van der Waals surface area contributed by atoms with Crippen molar-refractivity contribution in [1.29, 1.82) is 0 Å². The number of hydrogen-bond donors (Lipinski definition) is 0. The molecule has 1 aromatic heterocycles. The Balaban J connectivity index is 1.65. The summed E-state index contributed by atoms with van der Waals surface area (Å²) in [4.78, 5) is 17.8. The number of nitrogens with zero attached hydrogens (tertiary/aromatic N) is 2. The van der Waals surface area contributed by atoms with Crippen molar-refractivity contribution < 1.29 is 22.7 Å². The predicted octanol–water partition coefficient (Wildman–Crippen LogP) is 4.45. The Morgan fingerprint density at radius 3 is 2.48 bits per heavy atom. The molecule has 4 nitrogen and oxygen atoms in total. The standard InChI is InChI=1S/C20H17F3N2O2/c1-25(12-14-6-7-15-4-2-3-5-16(15)10-14)19(26)17-8-9-18(24-11-17)27-13-20(21,22)23/h2-11H,12-13H2,1H3. The highest BCUT2D eigenvalue weighted by molar-refractivity contribution is 5.93. The van der Waals surface area contributed by atoms with Gasteiger partial charge in [0.05, 0.1) is 5.56 Å². The fourth-order valence-electron chi connectivity index (χ4n) is 2.65. The maximum absolute atomic E-state index is 12.5.